The van der Waals surface area contributed by atoms with Gasteiger partial charge in [-0.25, -0.2) is 8.78 Å². The maximum Gasteiger partial charge on any atom is 0.269 e. The molecule has 0 spiro atoms. The van der Waals surface area contributed by atoms with E-state index in [1.54, 1.807) is 20.8 Å². The third kappa shape index (κ3) is 1.90. The van der Waals surface area contributed by atoms with E-state index < -0.39 is 29.5 Å². The molecular formula is C11H20F2O2Y. The normalized spacial score (nSPS) is 36.2. The molecule has 5 heteroatoms. The zero-order chi connectivity index (χ0) is 12.1. The topological polar surface area (TPSA) is 29.5 Å². The number of halogens is 2. The molecule has 0 aromatic rings. The molecule has 0 aromatic heterocycles. The molecule has 1 N–H and O–H groups in total. The molecule has 2 atom stereocenters. The summed E-state index contributed by atoms with van der Waals surface area (Å²) in [7, 11) is 0. The summed E-state index contributed by atoms with van der Waals surface area (Å²) >= 11 is 0. The SMILES string of the molecule is C[C@@H]1O[C@@](CO)(C(F)F)C(C)(C)C1(C)C.[Y]. The number of rotatable bonds is 2. The average Bonchev–Trinajstić information content (AvgIpc) is 2.24. The number of aliphatic hydroxyl groups excluding tert-OH is 1. The number of hydrogen-bond acceptors (Lipinski definition) is 2. The Labute approximate surface area is 121 Å². The van der Waals surface area contributed by atoms with E-state index in [0.29, 0.717) is 0 Å². The van der Waals surface area contributed by atoms with Crippen LogP contribution in [0.2, 0.25) is 0 Å². The summed E-state index contributed by atoms with van der Waals surface area (Å²) in [6.07, 6.45) is -2.98. The molecule has 0 unspecified atom stereocenters. The van der Waals surface area contributed by atoms with Crippen LogP contribution in [0.15, 0.2) is 0 Å². The van der Waals surface area contributed by atoms with Crippen molar-refractivity contribution in [2.24, 2.45) is 10.8 Å². The molecule has 1 rings (SSSR count). The molecule has 0 aromatic carbocycles. The van der Waals surface area contributed by atoms with Crippen LogP contribution in [0.4, 0.5) is 8.78 Å². The molecule has 1 aliphatic heterocycles. The molecule has 16 heavy (non-hydrogen) atoms. The molecular weight excluding hydrogens is 291 g/mol. The van der Waals surface area contributed by atoms with Crippen LogP contribution in [0, 0.1) is 10.8 Å². The monoisotopic (exact) mass is 311 g/mol. The zero-order valence-electron chi connectivity index (χ0n) is 10.6. The fourth-order valence-corrected chi connectivity index (χ4v) is 2.29. The fourth-order valence-electron chi connectivity index (χ4n) is 2.29. The van der Waals surface area contributed by atoms with Gasteiger partial charge >= 0.3 is 0 Å². The Morgan fingerprint density at radius 1 is 1.25 bits per heavy atom. The quantitative estimate of drug-likeness (QED) is 0.849. The van der Waals surface area contributed by atoms with Crippen LogP contribution in [0.25, 0.3) is 0 Å². The summed E-state index contributed by atoms with van der Waals surface area (Å²) in [5, 5.41) is 9.27. The van der Waals surface area contributed by atoms with Gasteiger partial charge in [-0.2, -0.15) is 0 Å². The fraction of sp³-hybridized carbons (Fsp3) is 1.00. The summed E-state index contributed by atoms with van der Waals surface area (Å²) in [6, 6.07) is 0. The van der Waals surface area contributed by atoms with Gasteiger partial charge in [-0.05, 0) is 12.3 Å². The predicted octanol–water partition coefficient (Wildman–Crippen LogP) is 2.45. The first kappa shape index (κ1) is 16.9. The summed E-state index contributed by atoms with van der Waals surface area (Å²) in [6.45, 7) is 8.40. The van der Waals surface area contributed by atoms with Crippen molar-refractivity contribution in [1.29, 1.82) is 0 Å². The molecule has 0 saturated carbocycles. The standard InChI is InChI=1S/C11H20F2O2.Y/c1-7-9(2,3)10(4,5)11(6-14,15-7)8(12)13;/h7-8,14H,6H2,1-5H3;/t7-,11-;/m0./s1. The van der Waals surface area contributed by atoms with Crippen molar-refractivity contribution in [2.45, 2.75) is 52.7 Å². The summed E-state index contributed by atoms with van der Waals surface area (Å²) in [5.41, 5.74) is -2.91. The van der Waals surface area contributed by atoms with Gasteiger partial charge in [-0.15, -0.1) is 0 Å². The van der Waals surface area contributed by atoms with Crippen molar-refractivity contribution >= 4 is 0 Å². The van der Waals surface area contributed by atoms with Gasteiger partial charge in [0.05, 0.1) is 12.7 Å². The Morgan fingerprint density at radius 2 is 1.69 bits per heavy atom. The van der Waals surface area contributed by atoms with E-state index in [9.17, 15) is 13.9 Å². The van der Waals surface area contributed by atoms with E-state index in [0.717, 1.165) is 0 Å². The molecule has 1 fully saturated rings. The Hall–Kier alpha value is 0.884. The number of ether oxygens (including phenoxy) is 1. The molecule has 0 amide bonds. The number of alkyl halides is 2. The minimum atomic E-state index is -2.68. The summed E-state index contributed by atoms with van der Waals surface area (Å²) < 4.78 is 31.6. The number of aliphatic hydroxyl groups is 1. The Kier molecular flexibility index (Phi) is 5.14. The van der Waals surface area contributed by atoms with Gasteiger partial charge in [0.1, 0.15) is 0 Å². The molecule has 93 valence electrons. The molecule has 1 heterocycles. The predicted molar refractivity (Wildman–Crippen MR) is 53.9 cm³/mol. The molecule has 2 nitrogen and oxygen atoms in total. The third-order valence-electron chi connectivity index (χ3n) is 4.66. The molecule has 1 aliphatic rings. The van der Waals surface area contributed by atoms with Crippen LogP contribution in [0.5, 0.6) is 0 Å². The molecule has 1 saturated heterocycles. The molecule has 0 bridgehead atoms. The number of hydrogen-bond donors (Lipinski definition) is 1. The Bertz CT molecular complexity index is 256. The van der Waals surface area contributed by atoms with Gasteiger partial charge in [-0.1, -0.05) is 27.7 Å². The van der Waals surface area contributed by atoms with Crippen LogP contribution >= 0.6 is 0 Å². The van der Waals surface area contributed by atoms with Crippen LogP contribution in [0.1, 0.15) is 34.6 Å². The van der Waals surface area contributed by atoms with Crippen molar-refractivity contribution in [1.82, 2.24) is 0 Å². The van der Waals surface area contributed by atoms with E-state index in [4.69, 9.17) is 4.74 Å². The van der Waals surface area contributed by atoms with Crippen LogP contribution in [-0.4, -0.2) is 29.8 Å². The van der Waals surface area contributed by atoms with Crippen molar-refractivity contribution < 1.29 is 51.3 Å². The first-order valence-electron chi connectivity index (χ1n) is 5.20. The maximum atomic E-state index is 13.1. The van der Waals surface area contributed by atoms with Crippen LogP contribution in [-0.2, 0) is 37.4 Å². The van der Waals surface area contributed by atoms with Gasteiger partial charge in [0.2, 0.25) is 0 Å². The van der Waals surface area contributed by atoms with E-state index in [1.807, 2.05) is 13.8 Å². The van der Waals surface area contributed by atoms with Crippen molar-refractivity contribution in [2.75, 3.05) is 6.61 Å². The third-order valence-corrected chi connectivity index (χ3v) is 4.66. The second-order valence-corrected chi connectivity index (χ2v) is 5.46. The zero-order valence-corrected chi connectivity index (χ0v) is 13.4. The minimum absolute atomic E-state index is 0. The summed E-state index contributed by atoms with van der Waals surface area (Å²) in [5.74, 6) is 0. The van der Waals surface area contributed by atoms with Gasteiger partial charge in [0.25, 0.3) is 6.43 Å². The maximum absolute atomic E-state index is 13.1. The van der Waals surface area contributed by atoms with Gasteiger partial charge in [-0.3, -0.25) is 0 Å². The van der Waals surface area contributed by atoms with Gasteiger partial charge < -0.3 is 9.84 Å². The second-order valence-electron chi connectivity index (χ2n) is 5.46. The average molecular weight is 311 g/mol. The molecule has 1 radical (unpaired) electrons. The van der Waals surface area contributed by atoms with Crippen LogP contribution in [0.3, 0.4) is 0 Å². The first-order valence-corrected chi connectivity index (χ1v) is 5.20. The van der Waals surface area contributed by atoms with Crippen LogP contribution < -0.4 is 0 Å². The minimum Gasteiger partial charge on any atom is -0.393 e. The van der Waals surface area contributed by atoms with E-state index in [1.165, 1.54) is 0 Å². The van der Waals surface area contributed by atoms with Crippen molar-refractivity contribution in [3.63, 3.8) is 0 Å². The smallest absolute Gasteiger partial charge is 0.269 e. The van der Waals surface area contributed by atoms with Gasteiger partial charge in [0.15, 0.2) is 5.60 Å². The largest absolute Gasteiger partial charge is 0.393 e. The van der Waals surface area contributed by atoms with Crippen molar-refractivity contribution in [3.05, 3.63) is 0 Å². The molecule has 0 aliphatic carbocycles. The first-order chi connectivity index (χ1) is 6.63. The van der Waals surface area contributed by atoms with Crippen molar-refractivity contribution in [3.8, 4) is 0 Å². The van der Waals surface area contributed by atoms with E-state index >= 15 is 0 Å². The Balaban J connectivity index is 0.00000225. The summed E-state index contributed by atoms with van der Waals surface area (Å²) in [4.78, 5) is 0. The van der Waals surface area contributed by atoms with Gasteiger partial charge in [0, 0.05) is 38.1 Å². The van der Waals surface area contributed by atoms with E-state index in [2.05, 4.69) is 0 Å². The van der Waals surface area contributed by atoms with E-state index in [-0.39, 0.29) is 38.8 Å². The Morgan fingerprint density at radius 3 is 1.81 bits per heavy atom. The second kappa shape index (κ2) is 4.87.